The Kier molecular flexibility index (Phi) is 6.34. The number of methoxy groups -OCH3 is 1. The second-order valence-corrected chi connectivity index (χ2v) is 7.87. The number of nitrogens with one attached hydrogen (secondary N) is 1. The number of ether oxygens (including phenoxy) is 1. The van der Waals surface area contributed by atoms with Crippen molar-refractivity contribution in [1.29, 1.82) is 0 Å². The Morgan fingerprint density at radius 3 is 2.61 bits per heavy atom. The zero-order valence-corrected chi connectivity index (χ0v) is 17.8. The van der Waals surface area contributed by atoms with Gasteiger partial charge in [-0.15, -0.1) is 0 Å². The van der Waals surface area contributed by atoms with E-state index in [-0.39, 0.29) is 17.9 Å². The summed E-state index contributed by atoms with van der Waals surface area (Å²) in [6.07, 6.45) is 4.02. The van der Waals surface area contributed by atoms with Gasteiger partial charge < -0.3 is 10.1 Å². The molecule has 8 heteroatoms. The Morgan fingerprint density at radius 1 is 1.16 bits per heavy atom. The number of esters is 1. The minimum Gasteiger partial charge on any atom is -0.468 e. The molecule has 0 saturated carbocycles. The monoisotopic (exact) mass is 438 g/mol. The second kappa shape index (κ2) is 9.32. The highest BCUT2D eigenvalue weighted by Crippen LogP contribution is 2.25. The van der Waals surface area contributed by atoms with Crippen molar-refractivity contribution in [1.82, 2.24) is 20.0 Å². The van der Waals surface area contributed by atoms with E-state index in [1.807, 2.05) is 53.6 Å². The molecule has 0 radical (unpaired) electrons. The molecule has 31 heavy (non-hydrogen) atoms. The van der Waals surface area contributed by atoms with Gasteiger partial charge in [-0.05, 0) is 48.4 Å². The molecule has 0 aliphatic carbocycles. The van der Waals surface area contributed by atoms with Gasteiger partial charge in [0, 0.05) is 42.1 Å². The van der Waals surface area contributed by atoms with Crippen LogP contribution in [0.2, 0.25) is 5.02 Å². The molecule has 2 heterocycles. The van der Waals surface area contributed by atoms with Gasteiger partial charge in [-0.2, -0.15) is 5.10 Å². The number of carbonyl (C=O) groups is 2. The van der Waals surface area contributed by atoms with E-state index in [2.05, 4.69) is 10.4 Å². The molecule has 1 aliphatic heterocycles. The molecule has 7 nitrogen and oxygen atoms in total. The van der Waals surface area contributed by atoms with Gasteiger partial charge in [0.25, 0.3) is 5.91 Å². The van der Waals surface area contributed by atoms with E-state index in [4.69, 9.17) is 16.3 Å². The number of amides is 1. The molecule has 2 aromatic carbocycles. The maximum Gasteiger partial charge on any atom is 0.323 e. The SMILES string of the molecule is COC(=O)[C@@H]1C[C@H](NC(=O)c2ccc(-n3cccn3)cc2)CN1Cc1ccccc1Cl. The van der Waals surface area contributed by atoms with Crippen LogP contribution in [0.4, 0.5) is 0 Å². The summed E-state index contributed by atoms with van der Waals surface area (Å²) in [6.45, 7) is 1.03. The zero-order chi connectivity index (χ0) is 21.8. The van der Waals surface area contributed by atoms with Gasteiger partial charge in [-0.25, -0.2) is 4.68 Å². The summed E-state index contributed by atoms with van der Waals surface area (Å²) in [5, 5.41) is 7.88. The lowest BCUT2D eigenvalue weighted by Crippen LogP contribution is -2.37. The summed E-state index contributed by atoms with van der Waals surface area (Å²) in [5.74, 6) is -0.493. The van der Waals surface area contributed by atoms with Crippen molar-refractivity contribution in [3.05, 3.63) is 83.1 Å². The van der Waals surface area contributed by atoms with Crippen molar-refractivity contribution in [2.45, 2.75) is 25.0 Å². The molecule has 1 amide bonds. The minimum absolute atomic E-state index is 0.176. The molecule has 1 aromatic heterocycles. The van der Waals surface area contributed by atoms with E-state index in [0.29, 0.717) is 30.1 Å². The summed E-state index contributed by atoms with van der Waals surface area (Å²) in [6, 6.07) is 16.0. The predicted octanol–water partition coefficient (Wildman–Crippen LogP) is 3.07. The predicted molar refractivity (Wildman–Crippen MR) is 117 cm³/mol. The van der Waals surface area contributed by atoms with Crippen LogP contribution in [0.15, 0.2) is 67.0 Å². The first-order chi connectivity index (χ1) is 15.0. The smallest absolute Gasteiger partial charge is 0.323 e. The van der Waals surface area contributed by atoms with Crippen LogP contribution >= 0.6 is 11.6 Å². The number of nitrogens with zero attached hydrogens (tertiary/aromatic N) is 3. The molecule has 160 valence electrons. The van der Waals surface area contributed by atoms with Crippen LogP contribution in [-0.2, 0) is 16.1 Å². The Morgan fingerprint density at radius 2 is 1.94 bits per heavy atom. The van der Waals surface area contributed by atoms with Crippen LogP contribution in [0.1, 0.15) is 22.3 Å². The molecule has 0 bridgehead atoms. The maximum absolute atomic E-state index is 12.8. The first-order valence-electron chi connectivity index (χ1n) is 10.0. The van der Waals surface area contributed by atoms with Crippen LogP contribution in [0.3, 0.4) is 0 Å². The summed E-state index contributed by atoms with van der Waals surface area (Å²) in [4.78, 5) is 27.1. The second-order valence-electron chi connectivity index (χ2n) is 7.46. The minimum atomic E-state index is -0.436. The standard InChI is InChI=1S/C23H23ClN4O3/c1-31-23(30)21-13-18(15-27(21)14-17-5-2-3-6-20(17)24)26-22(29)16-7-9-19(10-8-16)28-12-4-11-25-28/h2-12,18,21H,13-15H2,1H3,(H,26,29)/t18-,21-/m0/s1. The number of hydrogen-bond acceptors (Lipinski definition) is 5. The fourth-order valence-corrected chi connectivity index (χ4v) is 4.06. The lowest BCUT2D eigenvalue weighted by atomic mass is 10.1. The number of rotatable bonds is 6. The Labute approximate surface area is 185 Å². The molecule has 3 aromatic rings. The van der Waals surface area contributed by atoms with Crippen LogP contribution in [0, 0.1) is 0 Å². The highest BCUT2D eigenvalue weighted by Gasteiger charge is 2.38. The topological polar surface area (TPSA) is 76.5 Å². The third-order valence-electron chi connectivity index (χ3n) is 5.44. The number of benzene rings is 2. The van der Waals surface area contributed by atoms with Crippen LogP contribution < -0.4 is 5.32 Å². The normalized spacial score (nSPS) is 18.6. The van der Waals surface area contributed by atoms with Gasteiger partial charge in [-0.3, -0.25) is 14.5 Å². The Balaban J connectivity index is 1.43. The van der Waals surface area contributed by atoms with Crippen LogP contribution in [0.5, 0.6) is 0 Å². The number of hydrogen-bond donors (Lipinski definition) is 1. The lowest BCUT2D eigenvalue weighted by molar-refractivity contribution is -0.146. The van der Waals surface area contributed by atoms with E-state index in [0.717, 1.165) is 11.3 Å². The fourth-order valence-electron chi connectivity index (χ4n) is 3.87. The molecule has 1 saturated heterocycles. The van der Waals surface area contributed by atoms with Crippen molar-refractivity contribution in [3.8, 4) is 5.69 Å². The summed E-state index contributed by atoms with van der Waals surface area (Å²) in [5.41, 5.74) is 2.36. The average molecular weight is 439 g/mol. The van der Waals surface area contributed by atoms with Crippen molar-refractivity contribution in [3.63, 3.8) is 0 Å². The van der Waals surface area contributed by atoms with E-state index >= 15 is 0 Å². The molecule has 2 atom stereocenters. The third kappa shape index (κ3) is 4.78. The lowest BCUT2D eigenvalue weighted by Gasteiger charge is -2.22. The van der Waals surface area contributed by atoms with Crippen molar-refractivity contribution < 1.29 is 14.3 Å². The van der Waals surface area contributed by atoms with Crippen LogP contribution in [0.25, 0.3) is 5.69 Å². The van der Waals surface area contributed by atoms with Crippen molar-refractivity contribution >= 4 is 23.5 Å². The average Bonchev–Trinajstić information content (AvgIpc) is 3.45. The van der Waals surface area contributed by atoms with Crippen molar-refractivity contribution in [2.75, 3.05) is 13.7 Å². The number of aromatic nitrogens is 2. The summed E-state index contributed by atoms with van der Waals surface area (Å²) >= 11 is 6.30. The molecular formula is C23H23ClN4O3. The molecule has 1 N–H and O–H groups in total. The van der Waals surface area contributed by atoms with E-state index in [1.165, 1.54) is 7.11 Å². The fraction of sp³-hybridized carbons (Fsp3) is 0.261. The highest BCUT2D eigenvalue weighted by molar-refractivity contribution is 6.31. The highest BCUT2D eigenvalue weighted by atomic mass is 35.5. The Hall–Kier alpha value is -3.16. The largest absolute Gasteiger partial charge is 0.468 e. The van der Waals surface area contributed by atoms with E-state index in [9.17, 15) is 9.59 Å². The molecule has 0 spiro atoms. The van der Waals surface area contributed by atoms with Gasteiger partial charge >= 0.3 is 5.97 Å². The van der Waals surface area contributed by atoms with E-state index in [1.54, 1.807) is 23.0 Å². The number of likely N-dealkylation sites (tertiary alicyclic amines) is 1. The third-order valence-corrected chi connectivity index (χ3v) is 5.81. The molecule has 0 unspecified atom stereocenters. The van der Waals surface area contributed by atoms with Gasteiger partial charge in [0.1, 0.15) is 6.04 Å². The van der Waals surface area contributed by atoms with Gasteiger partial charge in [0.05, 0.1) is 12.8 Å². The molecule has 1 aliphatic rings. The first-order valence-corrected chi connectivity index (χ1v) is 10.4. The number of halogens is 1. The molecule has 1 fully saturated rings. The van der Waals surface area contributed by atoms with Crippen molar-refractivity contribution in [2.24, 2.45) is 0 Å². The van der Waals surface area contributed by atoms with E-state index < -0.39 is 6.04 Å². The van der Waals surface area contributed by atoms with Gasteiger partial charge in [-0.1, -0.05) is 29.8 Å². The molecular weight excluding hydrogens is 416 g/mol. The van der Waals surface area contributed by atoms with Gasteiger partial charge in [0.15, 0.2) is 0 Å². The molecule has 4 rings (SSSR count). The quantitative estimate of drug-likeness (QED) is 0.598. The first kappa shape index (κ1) is 21.1. The summed E-state index contributed by atoms with van der Waals surface area (Å²) < 4.78 is 6.71. The zero-order valence-electron chi connectivity index (χ0n) is 17.1. The number of carbonyl (C=O) groups excluding carboxylic acids is 2. The summed E-state index contributed by atoms with van der Waals surface area (Å²) in [7, 11) is 1.38. The Bertz CT molecular complexity index is 1050. The maximum atomic E-state index is 12.8. The van der Waals surface area contributed by atoms with Gasteiger partial charge in [0.2, 0.25) is 0 Å². The van der Waals surface area contributed by atoms with Crippen LogP contribution in [-0.4, -0.2) is 52.3 Å².